The average Bonchev–Trinajstić information content (AvgIpc) is 2.43. The van der Waals surface area contributed by atoms with E-state index in [2.05, 4.69) is 10.0 Å². The number of hydrogen-bond acceptors (Lipinski definition) is 4. The van der Waals surface area contributed by atoms with Gasteiger partial charge in [-0.3, -0.25) is 4.79 Å². The number of amides is 1. The Bertz CT molecular complexity index is 526. The molecular weight excluding hydrogens is 278 g/mol. The number of nitrogens with one attached hydrogen (secondary N) is 2. The molecule has 0 aliphatic carbocycles. The largest absolute Gasteiger partial charge is 0.355 e. The van der Waals surface area contributed by atoms with Crippen molar-refractivity contribution >= 4 is 15.9 Å². The SMILES string of the molecule is CCCNC(=O)CNS(=O)(=O)Cc1ccc(CN)cc1. The molecule has 1 aromatic carbocycles. The highest BCUT2D eigenvalue weighted by molar-refractivity contribution is 7.88. The zero-order valence-corrected chi connectivity index (χ0v) is 12.4. The van der Waals surface area contributed by atoms with Crippen LogP contribution in [0.25, 0.3) is 0 Å². The van der Waals surface area contributed by atoms with Crippen molar-refractivity contribution in [3.05, 3.63) is 35.4 Å². The maximum absolute atomic E-state index is 11.8. The van der Waals surface area contributed by atoms with Crippen molar-refractivity contribution < 1.29 is 13.2 Å². The first-order valence-electron chi connectivity index (χ1n) is 6.48. The van der Waals surface area contributed by atoms with Crippen molar-refractivity contribution in [2.24, 2.45) is 5.73 Å². The molecule has 0 unspecified atom stereocenters. The summed E-state index contributed by atoms with van der Waals surface area (Å²) in [6.07, 6.45) is 0.811. The quantitative estimate of drug-likeness (QED) is 0.633. The van der Waals surface area contributed by atoms with Crippen LogP contribution in [-0.4, -0.2) is 27.4 Å². The summed E-state index contributed by atoms with van der Waals surface area (Å²) in [7, 11) is -3.52. The molecule has 1 rings (SSSR count). The van der Waals surface area contributed by atoms with Gasteiger partial charge in [0.15, 0.2) is 0 Å². The molecule has 0 fully saturated rings. The lowest BCUT2D eigenvalue weighted by Crippen LogP contribution is -2.37. The zero-order chi connectivity index (χ0) is 15.0. The van der Waals surface area contributed by atoms with Crippen LogP contribution in [0.3, 0.4) is 0 Å². The molecule has 0 heterocycles. The Kier molecular flexibility index (Phi) is 6.63. The third-order valence-electron chi connectivity index (χ3n) is 2.64. The highest BCUT2D eigenvalue weighted by atomic mass is 32.2. The van der Waals surface area contributed by atoms with E-state index in [1.54, 1.807) is 24.3 Å². The number of sulfonamides is 1. The van der Waals surface area contributed by atoms with Gasteiger partial charge in [0.2, 0.25) is 15.9 Å². The highest BCUT2D eigenvalue weighted by Crippen LogP contribution is 2.07. The van der Waals surface area contributed by atoms with Gasteiger partial charge in [0.25, 0.3) is 0 Å². The Morgan fingerprint density at radius 1 is 1.20 bits per heavy atom. The summed E-state index contributed by atoms with van der Waals surface area (Å²) in [5, 5.41) is 2.60. The molecule has 0 aromatic heterocycles. The first kappa shape index (κ1) is 16.6. The molecular formula is C13H21N3O3S. The van der Waals surface area contributed by atoms with Gasteiger partial charge in [0.05, 0.1) is 12.3 Å². The molecule has 0 saturated carbocycles. The minimum Gasteiger partial charge on any atom is -0.355 e. The van der Waals surface area contributed by atoms with E-state index in [1.165, 1.54) is 0 Å². The van der Waals surface area contributed by atoms with E-state index in [4.69, 9.17) is 5.73 Å². The molecule has 6 nitrogen and oxygen atoms in total. The Morgan fingerprint density at radius 3 is 2.35 bits per heavy atom. The molecule has 0 aliphatic rings. The molecule has 4 N–H and O–H groups in total. The molecule has 0 bridgehead atoms. The van der Waals surface area contributed by atoms with Crippen LogP contribution in [0.5, 0.6) is 0 Å². The summed E-state index contributed by atoms with van der Waals surface area (Å²) in [5.41, 5.74) is 7.07. The summed E-state index contributed by atoms with van der Waals surface area (Å²) in [6.45, 7) is 2.66. The Balaban J connectivity index is 2.50. The standard InChI is InChI=1S/C13H21N3O3S/c1-2-7-15-13(17)9-16-20(18,19)10-12-5-3-11(8-14)4-6-12/h3-6,16H,2,7-10,14H2,1H3,(H,15,17). The zero-order valence-electron chi connectivity index (χ0n) is 11.6. The van der Waals surface area contributed by atoms with E-state index in [9.17, 15) is 13.2 Å². The van der Waals surface area contributed by atoms with Crippen LogP contribution >= 0.6 is 0 Å². The first-order chi connectivity index (χ1) is 9.46. The minimum absolute atomic E-state index is 0.154. The van der Waals surface area contributed by atoms with Gasteiger partial charge in [0, 0.05) is 13.1 Å². The third kappa shape index (κ3) is 6.14. The predicted molar refractivity (Wildman–Crippen MR) is 78.3 cm³/mol. The molecule has 0 atom stereocenters. The van der Waals surface area contributed by atoms with Crippen LogP contribution in [0.2, 0.25) is 0 Å². The number of rotatable bonds is 8. The lowest BCUT2D eigenvalue weighted by atomic mass is 10.1. The van der Waals surface area contributed by atoms with Crippen molar-refractivity contribution in [1.82, 2.24) is 10.0 Å². The van der Waals surface area contributed by atoms with E-state index in [-0.39, 0.29) is 18.2 Å². The fraction of sp³-hybridized carbons (Fsp3) is 0.462. The normalized spacial score (nSPS) is 11.3. The number of hydrogen-bond donors (Lipinski definition) is 3. The topological polar surface area (TPSA) is 101 Å². The lowest BCUT2D eigenvalue weighted by Gasteiger charge is -2.07. The van der Waals surface area contributed by atoms with E-state index in [1.807, 2.05) is 6.92 Å². The van der Waals surface area contributed by atoms with Gasteiger partial charge >= 0.3 is 0 Å². The number of benzene rings is 1. The third-order valence-corrected chi connectivity index (χ3v) is 3.94. The lowest BCUT2D eigenvalue weighted by molar-refractivity contribution is -0.119. The minimum atomic E-state index is -3.52. The van der Waals surface area contributed by atoms with Crippen molar-refractivity contribution in [3.8, 4) is 0 Å². The second-order valence-electron chi connectivity index (χ2n) is 4.45. The predicted octanol–water partition coefficient (Wildman–Crippen LogP) is 0.0909. The Labute approximate surface area is 119 Å². The monoisotopic (exact) mass is 299 g/mol. The number of nitrogens with two attached hydrogens (primary N) is 1. The van der Waals surface area contributed by atoms with E-state index >= 15 is 0 Å². The van der Waals surface area contributed by atoms with E-state index in [0.29, 0.717) is 18.7 Å². The molecule has 1 aromatic rings. The van der Waals surface area contributed by atoms with Gasteiger partial charge < -0.3 is 11.1 Å². The fourth-order valence-corrected chi connectivity index (χ4v) is 2.63. The van der Waals surface area contributed by atoms with Gasteiger partial charge in [-0.05, 0) is 17.5 Å². The van der Waals surface area contributed by atoms with E-state index in [0.717, 1.165) is 12.0 Å². The van der Waals surface area contributed by atoms with Gasteiger partial charge in [-0.2, -0.15) is 0 Å². The summed E-state index contributed by atoms with van der Waals surface area (Å²) in [4.78, 5) is 11.3. The van der Waals surface area contributed by atoms with E-state index < -0.39 is 10.0 Å². The molecule has 0 radical (unpaired) electrons. The van der Waals surface area contributed by atoms with Crippen LogP contribution in [0.15, 0.2) is 24.3 Å². The van der Waals surface area contributed by atoms with Crippen molar-refractivity contribution in [3.63, 3.8) is 0 Å². The second kappa shape index (κ2) is 7.98. The average molecular weight is 299 g/mol. The van der Waals surface area contributed by atoms with Crippen molar-refractivity contribution in [2.75, 3.05) is 13.1 Å². The molecule has 7 heteroatoms. The summed E-state index contributed by atoms with van der Waals surface area (Å²) >= 11 is 0. The van der Waals surface area contributed by atoms with Crippen LogP contribution in [0.4, 0.5) is 0 Å². The van der Waals surface area contributed by atoms with Crippen LogP contribution in [0.1, 0.15) is 24.5 Å². The van der Waals surface area contributed by atoms with Gasteiger partial charge in [-0.25, -0.2) is 13.1 Å². The smallest absolute Gasteiger partial charge is 0.235 e. The first-order valence-corrected chi connectivity index (χ1v) is 8.14. The molecule has 20 heavy (non-hydrogen) atoms. The summed E-state index contributed by atoms with van der Waals surface area (Å²) in [5.74, 6) is -0.479. The maximum atomic E-state index is 11.8. The van der Waals surface area contributed by atoms with Crippen LogP contribution in [-0.2, 0) is 27.1 Å². The Hall–Kier alpha value is -1.44. The van der Waals surface area contributed by atoms with Gasteiger partial charge in [-0.15, -0.1) is 0 Å². The second-order valence-corrected chi connectivity index (χ2v) is 6.26. The molecule has 1 amide bonds. The van der Waals surface area contributed by atoms with Gasteiger partial charge in [0.1, 0.15) is 0 Å². The number of carbonyl (C=O) groups is 1. The van der Waals surface area contributed by atoms with Crippen LogP contribution in [0, 0.1) is 0 Å². The van der Waals surface area contributed by atoms with Crippen molar-refractivity contribution in [1.29, 1.82) is 0 Å². The maximum Gasteiger partial charge on any atom is 0.235 e. The summed E-state index contributed by atoms with van der Waals surface area (Å²) in [6, 6.07) is 7.02. The molecule has 0 saturated heterocycles. The Morgan fingerprint density at radius 2 is 1.80 bits per heavy atom. The highest BCUT2D eigenvalue weighted by Gasteiger charge is 2.13. The van der Waals surface area contributed by atoms with Gasteiger partial charge in [-0.1, -0.05) is 31.2 Å². The number of carbonyl (C=O) groups excluding carboxylic acids is 1. The van der Waals surface area contributed by atoms with Crippen molar-refractivity contribution in [2.45, 2.75) is 25.6 Å². The molecule has 0 aliphatic heterocycles. The van der Waals surface area contributed by atoms with Crippen LogP contribution < -0.4 is 15.8 Å². The summed E-state index contributed by atoms with van der Waals surface area (Å²) < 4.78 is 25.9. The molecule has 0 spiro atoms. The molecule has 112 valence electrons. The fourth-order valence-electron chi connectivity index (χ4n) is 1.54.